The molecule has 0 aromatic rings. The molecule has 0 bridgehead atoms. The summed E-state index contributed by atoms with van der Waals surface area (Å²) >= 11 is 1.96. The molecular formula is C10H23NOS. The Balaban J connectivity index is 2.97. The first-order chi connectivity index (χ1) is 6.31. The van der Waals surface area contributed by atoms with E-state index in [0.29, 0.717) is 11.9 Å². The third-order valence-corrected chi connectivity index (χ3v) is 3.19. The van der Waals surface area contributed by atoms with Gasteiger partial charge in [0.25, 0.3) is 0 Å². The van der Waals surface area contributed by atoms with E-state index in [1.54, 1.807) is 0 Å². The van der Waals surface area contributed by atoms with Crippen LogP contribution in [-0.4, -0.2) is 35.8 Å². The Morgan fingerprint density at radius 1 is 1.38 bits per heavy atom. The van der Waals surface area contributed by atoms with Gasteiger partial charge >= 0.3 is 0 Å². The van der Waals surface area contributed by atoms with E-state index in [0.717, 1.165) is 19.5 Å². The topological polar surface area (TPSA) is 32.3 Å². The van der Waals surface area contributed by atoms with E-state index in [4.69, 9.17) is 5.11 Å². The van der Waals surface area contributed by atoms with Crippen LogP contribution in [0.4, 0.5) is 0 Å². The molecule has 0 saturated heterocycles. The van der Waals surface area contributed by atoms with Gasteiger partial charge in [-0.05, 0) is 38.1 Å². The van der Waals surface area contributed by atoms with Gasteiger partial charge in [0.2, 0.25) is 0 Å². The summed E-state index contributed by atoms with van der Waals surface area (Å²) in [4.78, 5) is 0. The molecule has 13 heavy (non-hydrogen) atoms. The molecule has 0 rings (SSSR count). The lowest BCUT2D eigenvalue weighted by Crippen LogP contribution is -2.16. The van der Waals surface area contributed by atoms with Crippen LogP contribution < -0.4 is 5.32 Å². The van der Waals surface area contributed by atoms with Crippen molar-refractivity contribution in [2.45, 2.75) is 38.4 Å². The second kappa shape index (κ2) is 10.4. The van der Waals surface area contributed by atoms with Crippen LogP contribution in [0.15, 0.2) is 0 Å². The fourth-order valence-electron chi connectivity index (χ4n) is 1.05. The molecule has 0 aliphatic rings. The highest BCUT2D eigenvalue weighted by Crippen LogP contribution is 2.13. The van der Waals surface area contributed by atoms with Gasteiger partial charge in [0, 0.05) is 11.9 Å². The summed E-state index contributed by atoms with van der Waals surface area (Å²) in [5, 5.41) is 12.7. The summed E-state index contributed by atoms with van der Waals surface area (Å²) in [6, 6.07) is 0. The SMILES string of the molecule is CCCNCCCSC(C)CCO. The molecule has 80 valence electrons. The summed E-state index contributed by atoms with van der Waals surface area (Å²) in [5.41, 5.74) is 0. The summed E-state index contributed by atoms with van der Waals surface area (Å²) in [7, 11) is 0. The number of aliphatic hydroxyl groups is 1. The average molecular weight is 205 g/mol. The van der Waals surface area contributed by atoms with Crippen LogP contribution in [0.3, 0.4) is 0 Å². The fourth-order valence-corrected chi connectivity index (χ4v) is 2.03. The third kappa shape index (κ3) is 10.2. The van der Waals surface area contributed by atoms with Gasteiger partial charge in [-0.2, -0.15) is 11.8 Å². The molecule has 0 fully saturated rings. The van der Waals surface area contributed by atoms with Gasteiger partial charge in [-0.15, -0.1) is 0 Å². The zero-order valence-electron chi connectivity index (χ0n) is 8.88. The monoisotopic (exact) mass is 205 g/mol. The van der Waals surface area contributed by atoms with Crippen LogP contribution in [0.5, 0.6) is 0 Å². The number of nitrogens with one attached hydrogen (secondary N) is 1. The summed E-state index contributed by atoms with van der Waals surface area (Å²) in [6.45, 7) is 6.96. The molecular weight excluding hydrogens is 182 g/mol. The molecule has 0 aromatic heterocycles. The number of rotatable bonds is 9. The minimum absolute atomic E-state index is 0.322. The number of hydrogen-bond donors (Lipinski definition) is 2. The second-order valence-electron chi connectivity index (χ2n) is 3.30. The molecule has 2 N–H and O–H groups in total. The van der Waals surface area contributed by atoms with Crippen molar-refractivity contribution in [3.05, 3.63) is 0 Å². The van der Waals surface area contributed by atoms with E-state index in [-0.39, 0.29) is 0 Å². The Bertz CT molecular complexity index is 101. The van der Waals surface area contributed by atoms with E-state index < -0.39 is 0 Å². The van der Waals surface area contributed by atoms with Gasteiger partial charge in [-0.3, -0.25) is 0 Å². The fraction of sp³-hybridized carbons (Fsp3) is 1.00. The predicted molar refractivity (Wildman–Crippen MR) is 61.4 cm³/mol. The Labute approximate surface area is 86.5 Å². The molecule has 0 radical (unpaired) electrons. The van der Waals surface area contributed by atoms with Gasteiger partial charge in [0.05, 0.1) is 0 Å². The first-order valence-corrected chi connectivity index (χ1v) is 6.29. The minimum atomic E-state index is 0.322. The smallest absolute Gasteiger partial charge is 0.0441 e. The van der Waals surface area contributed by atoms with Crippen molar-refractivity contribution in [3.63, 3.8) is 0 Å². The molecule has 0 amide bonds. The maximum atomic E-state index is 8.68. The average Bonchev–Trinajstić information content (AvgIpc) is 2.11. The maximum absolute atomic E-state index is 8.68. The lowest BCUT2D eigenvalue weighted by molar-refractivity contribution is 0.289. The number of hydrogen-bond acceptors (Lipinski definition) is 3. The Kier molecular flexibility index (Phi) is 10.6. The van der Waals surface area contributed by atoms with Crippen LogP contribution in [0.1, 0.15) is 33.1 Å². The quantitative estimate of drug-likeness (QED) is 0.564. The zero-order valence-corrected chi connectivity index (χ0v) is 9.70. The van der Waals surface area contributed by atoms with Crippen LogP contribution in [-0.2, 0) is 0 Å². The molecule has 2 nitrogen and oxygen atoms in total. The lowest BCUT2D eigenvalue weighted by Gasteiger charge is -2.09. The van der Waals surface area contributed by atoms with Crippen molar-refractivity contribution >= 4 is 11.8 Å². The van der Waals surface area contributed by atoms with Crippen molar-refractivity contribution in [3.8, 4) is 0 Å². The molecule has 3 heteroatoms. The van der Waals surface area contributed by atoms with Gasteiger partial charge < -0.3 is 10.4 Å². The molecule has 0 heterocycles. The highest BCUT2D eigenvalue weighted by Gasteiger charge is 2.00. The molecule has 1 unspecified atom stereocenters. The van der Waals surface area contributed by atoms with E-state index >= 15 is 0 Å². The highest BCUT2D eigenvalue weighted by atomic mass is 32.2. The molecule has 1 atom stereocenters. The Morgan fingerprint density at radius 2 is 2.15 bits per heavy atom. The lowest BCUT2D eigenvalue weighted by atomic mass is 10.3. The van der Waals surface area contributed by atoms with E-state index in [1.165, 1.54) is 18.6 Å². The largest absolute Gasteiger partial charge is 0.396 e. The van der Waals surface area contributed by atoms with E-state index in [1.807, 2.05) is 11.8 Å². The molecule has 0 spiro atoms. The van der Waals surface area contributed by atoms with Crippen LogP contribution in [0, 0.1) is 0 Å². The minimum Gasteiger partial charge on any atom is -0.396 e. The van der Waals surface area contributed by atoms with E-state index in [9.17, 15) is 0 Å². The summed E-state index contributed by atoms with van der Waals surface area (Å²) < 4.78 is 0. The first-order valence-electron chi connectivity index (χ1n) is 5.24. The van der Waals surface area contributed by atoms with Crippen molar-refractivity contribution < 1.29 is 5.11 Å². The van der Waals surface area contributed by atoms with Crippen molar-refractivity contribution in [2.24, 2.45) is 0 Å². The van der Waals surface area contributed by atoms with Gasteiger partial charge in [-0.1, -0.05) is 13.8 Å². The summed E-state index contributed by atoms with van der Waals surface area (Å²) in [5.74, 6) is 1.21. The molecule has 0 aliphatic carbocycles. The number of thioether (sulfide) groups is 1. The Morgan fingerprint density at radius 3 is 2.77 bits per heavy atom. The standard InChI is InChI=1S/C10H23NOS/c1-3-6-11-7-4-9-13-10(2)5-8-12/h10-12H,3-9H2,1-2H3. The maximum Gasteiger partial charge on any atom is 0.0441 e. The molecule has 0 aromatic carbocycles. The predicted octanol–water partition coefficient (Wildman–Crippen LogP) is 1.88. The summed E-state index contributed by atoms with van der Waals surface area (Å²) in [6.07, 6.45) is 3.38. The van der Waals surface area contributed by atoms with Gasteiger partial charge in [0.15, 0.2) is 0 Å². The normalized spacial score (nSPS) is 13.2. The van der Waals surface area contributed by atoms with Crippen LogP contribution in [0.2, 0.25) is 0 Å². The van der Waals surface area contributed by atoms with Crippen molar-refractivity contribution in [1.29, 1.82) is 0 Å². The van der Waals surface area contributed by atoms with Crippen molar-refractivity contribution in [1.82, 2.24) is 5.32 Å². The van der Waals surface area contributed by atoms with Crippen molar-refractivity contribution in [2.75, 3.05) is 25.4 Å². The van der Waals surface area contributed by atoms with Gasteiger partial charge in [0.1, 0.15) is 0 Å². The third-order valence-electron chi connectivity index (χ3n) is 1.86. The Hall–Kier alpha value is 0.270. The zero-order chi connectivity index (χ0) is 9.94. The molecule has 0 aliphatic heterocycles. The van der Waals surface area contributed by atoms with Crippen LogP contribution in [0.25, 0.3) is 0 Å². The van der Waals surface area contributed by atoms with Gasteiger partial charge in [-0.25, -0.2) is 0 Å². The van der Waals surface area contributed by atoms with Crippen LogP contribution >= 0.6 is 11.8 Å². The molecule has 0 saturated carbocycles. The number of aliphatic hydroxyl groups excluding tert-OH is 1. The van der Waals surface area contributed by atoms with E-state index in [2.05, 4.69) is 19.2 Å². The highest BCUT2D eigenvalue weighted by molar-refractivity contribution is 7.99. The second-order valence-corrected chi connectivity index (χ2v) is 4.84. The first kappa shape index (κ1) is 13.3.